The molecule has 1 aliphatic rings. The number of piperazine rings is 1. The van der Waals surface area contributed by atoms with E-state index in [9.17, 15) is 14.8 Å². The standard InChI is InChI=1S/C18H19N3O3/c1-14(22)15-4-6-17(7-5-15)19-9-11-20(12-10-19)18(23)16-3-2-8-21(24)13-16/h2-8,13H,9-12H2,1H3. The zero-order valence-corrected chi connectivity index (χ0v) is 13.5. The molecule has 0 radical (unpaired) electrons. The lowest BCUT2D eigenvalue weighted by molar-refractivity contribution is -0.605. The Bertz CT molecular complexity index is 750. The summed E-state index contributed by atoms with van der Waals surface area (Å²) in [6, 6.07) is 10.8. The minimum atomic E-state index is -0.119. The van der Waals surface area contributed by atoms with Crippen molar-refractivity contribution in [3.05, 3.63) is 65.1 Å². The van der Waals surface area contributed by atoms with Crippen LogP contribution in [-0.2, 0) is 0 Å². The van der Waals surface area contributed by atoms with Gasteiger partial charge in [-0.05, 0) is 37.3 Å². The summed E-state index contributed by atoms with van der Waals surface area (Å²) in [5.41, 5.74) is 2.15. The topological polar surface area (TPSA) is 67.6 Å². The molecule has 1 saturated heterocycles. The molecule has 1 amide bonds. The van der Waals surface area contributed by atoms with Crippen molar-refractivity contribution in [2.45, 2.75) is 6.92 Å². The molecular formula is C18H19N3O3. The van der Waals surface area contributed by atoms with Crippen molar-refractivity contribution in [2.75, 3.05) is 31.1 Å². The molecule has 0 atom stereocenters. The van der Waals surface area contributed by atoms with Crippen molar-refractivity contribution >= 4 is 17.4 Å². The van der Waals surface area contributed by atoms with Crippen LogP contribution in [-0.4, -0.2) is 42.8 Å². The van der Waals surface area contributed by atoms with Crippen LogP contribution >= 0.6 is 0 Å². The van der Waals surface area contributed by atoms with E-state index in [1.54, 1.807) is 24.0 Å². The highest BCUT2D eigenvalue weighted by molar-refractivity contribution is 5.94. The Labute approximate surface area is 140 Å². The number of ketones is 1. The third-order valence-electron chi connectivity index (χ3n) is 4.23. The minimum absolute atomic E-state index is 0.0513. The van der Waals surface area contributed by atoms with E-state index >= 15 is 0 Å². The van der Waals surface area contributed by atoms with Crippen LogP contribution in [0.1, 0.15) is 27.6 Å². The summed E-state index contributed by atoms with van der Waals surface area (Å²) in [6.07, 6.45) is 2.66. The molecule has 1 aromatic heterocycles. The lowest BCUT2D eigenvalue weighted by Crippen LogP contribution is -2.49. The molecule has 0 bridgehead atoms. The third-order valence-corrected chi connectivity index (χ3v) is 4.23. The summed E-state index contributed by atoms with van der Waals surface area (Å²) < 4.78 is 0.639. The van der Waals surface area contributed by atoms with Crippen LogP contribution in [0.2, 0.25) is 0 Å². The van der Waals surface area contributed by atoms with E-state index in [0.717, 1.165) is 18.8 Å². The molecule has 1 fully saturated rings. The fraction of sp³-hybridized carbons (Fsp3) is 0.278. The van der Waals surface area contributed by atoms with Crippen LogP contribution in [0.15, 0.2) is 48.8 Å². The van der Waals surface area contributed by atoms with Crippen molar-refractivity contribution in [1.82, 2.24) is 4.90 Å². The Kier molecular flexibility index (Phi) is 4.46. The highest BCUT2D eigenvalue weighted by Crippen LogP contribution is 2.18. The van der Waals surface area contributed by atoms with Gasteiger partial charge < -0.3 is 15.0 Å². The maximum absolute atomic E-state index is 12.4. The van der Waals surface area contributed by atoms with Gasteiger partial charge in [-0.2, -0.15) is 4.73 Å². The van der Waals surface area contributed by atoms with Crippen LogP contribution in [0.3, 0.4) is 0 Å². The smallest absolute Gasteiger partial charge is 0.260 e. The SMILES string of the molecule is CC(=O)c1ccc(N2CCN(C(=O)c3ccc[n+]([O-])c3)CC2)cc1. The monoisotopic (exact) mass is 325 g/mol. The van der Waals surface area contributed by atoms with Gasteiger partial charge in [0.25, 0.3) is 5.91 Å². The molecular weight excluding hydrogens is 306 g/mol. The predicted octanol–water partition coefficient (Wildman–Crippen LogP) is 1.49. The van der Waals surface area contributed by atoms with Crippen LogP contribution in [0, 0.1) is 5.21 Å². The number of nitrogens with zero attached hydrogens (tertiary/aromatic N) is 3. The van der Waals surface area contributed by atoms with Gasteiger partial charge in [-0.15, -0.1) is 0 Å². The highest BCUT2D eigenvalue weighted by atomic mass is 16.5. The molecule has 6 nitrogen and oxygen atoms in total. The predicted molar refractivity (Wildman–Crippen MR) is 90.0 cm³/mol. The van der Waals surface area contributed by atoms with Crippen LogP contribution in [0.25, 0.3) is 0 Å². The van der Waals surface area contributed by atoms with Crippen LogP contribution in [0.4, 0.5) is 5.69 Å². The fourth-order valence-electron chi connectivity index (χ4n) is 2.84. The number of aromatic nitrogens is 1. The average Bonchev–Trinajstić information content (AvgIpc) is 2.61. The Morgan fingerprint density at radius 1 is 1.00 bits per heavy atom. The normalized spacial score (nSPS) is 14.5. The minimum Gasteiger partial charge on any atom is -0.619 e. The first-order valence-electron chi connectivity index (χ1n) is 7.88. The second-order valence-electron chi connectivity index (χ2n) is 5.83. The second kappa shape index (κ2) is 6.70. The first-order chi connectivity index (χ1) is 11.5. The van der Waals surface area contributed by atoms with Gasteiger partial charge in [0.05, 0.1) is 0 Å². The van der Waals surface area contributed by atoms with E-state index in [0.29, 0.717) is 28.9 Å². The van der Waals surface area contributed by atoms with Crippen LogP contribution in [0.5, 0.6) is 0 Å². The largest absolute Gasteiger partial charge is 0.619 e. The number of Topliss-reactive ketones (excluding diaryl/α,β-unsaturated/α-hetero) is 1. The molecule has 0 unspecified atom stereocenters. The first kappa shape index (κ1) is 16.0. The van der Waals surface area contributed by atoms with Crippen LogP contribution < -0.4 is 9.63 Å². The first-order valence-corrected chi connectivity index (χ1v) is 7.88. The Morgan fingerprint density at radius 2 is 1.67 bits per heavy atom. The molecule has 2 heterocycles. The molecule has 0 aliphatic carbocycles. The zero-order valence-electron chi connectivity index (χ0n) is 13.5. The molecule has 1 aliphatic heterocycles. The number of benzene rings is 1. The van der Waals surface area contributed by atoms with Gasteiger partial charge in [-0.25, -0.2) is 0 Å². The number of carbonyl (C=O) groups is 2. The van der Waals surface area contributed by atoms with Gasteiger partial charge in [0.1, 0.15) is 5.56 Å². The van der Waals surface area contributed by atoms with Crippen molar-refractivity contribution in [1.29, 1.82) is 0 Å². The molecule has 24 heavy (non-hydrogen) atoms. The van der Waals surface area contributed by atoms with E-state index in [1.165, 1.54) is 12.4 Å². The number of anilines is 1. The highest BCUT2D eigenvalue weighted by Gasteiger charge is 2.23. The Hall–Kier alpha value is -2.89. The van der Waals surface area contributed by atoms with Gasteiger partial charge >= 0.3 is 0 Å². The second-order valence-corrected chi connectivity index (χ2v) is 5.83. The van der Waals surface area contributed by atoms with Crippen molar-refractivity contribution in [2.24, 2.45) is 0 Å². The average molecular weight is 325 g/mol. The zero-order chi connectivity index (χ0) is 17.1. The summed E-state index contributed by atoms with van der Waals surface area (Å²) >= 11 is 0. The molecule has 0 saturated carbocycles. The van der Waals surface area contributed by atoms with Gasteiger partial charge in [0, 0.05) is 43.5 Å². The molecule has 1 aromatic carbocycles. The molecule has 2 aromatic rings. The van der Waals surface area contributed by atoms with E-state index in [-0.39, 0.29) is 11.7 Å². The van der Waals surface area contributed by atoms with Crippen molar-refractivity contribution in [3.63, 3.8) is 0 Å². The van der Waals surface area contributed by atoms with Crippen molar-refractivity contribution in [3.8, 4) is 0 Å². The van der Waals surface area contributed by atoms with E-state index in [4.69, 9.17) is 0 Å². The van der Waals surface area contributed by atoms with Crippen molar-refractivity contribution < 1.29 is 14.3 Å². The van der Waals surface area contributed by atoms with Gasteiger partial charge in [0.2, 0.25) is 0 Å². The summed E-state index contributed by atoms with van der Waals surface area (Å²) in [4.78, 5) is 27.7. The molecule has 0 spiro atoms. The number of amides is 1. The fourth-order valence-corrected chi connectivity index (χ4v) is 2.84. The van der Waals surface area contributed by atoms with E-state index < -0.39 is 0 Å². The van der Waals surface area contributed by atoms with E-state index in [1.807, 2.05) is 24.3 Å². The number of hydrogen-bond donors (Lipinski definition) is 0. The number of pyridine rings is 1. The van der Waals surface area contributed by atoms with Gasteiger partial charge in [-0.1, -0.05) is 0 Å². The third kappa shape index (κ3) is 3.37. The summed E-state index contributed by atoms with van der Waals surface area (Å²) in [5.74, 6) is -0.0674. The quantitative estimate of drug-likeness (QED) is 0.487. The summed E-state index contributed by atoms with van der Waals surface area (Å²) in [6.45, 7) is 4.18. The molecule has 0 N–H and O–H groups in total. The number of rotatable bonds is 3. The molecule has 124 valence electrons. The number of hydrogen-bond acceptors (Lipinski definition) is 4. The van der Waals surface area contributed by atoms with E-state index in [2.05, 4.69) is 4.90 Å². The summed E-state index contributed by atoms with van der Waals surface area (Å²) in [7, 11) is 0. The lowest BCUT2D eigenvalue weighted by atomic mass is 10.1. The van der Waals surface area contributed by atoms with Gasteiger partial charge in [0.15, 0.2) is 18.2 Å². The Morgan fingerprint density at radius 3 is 2.25 bits per heavy atom. The maximum atomic E-state index is 12.4. The Balaban J connectivity index is 1.63. The summed E-state index contributed by atoms with van der Waals surface area (Å²) in [5, 5.41) is 11.3. The molecule has 3 rings (SSSR count). The van der Waals surface area contributed by atoms with Gasteiger partial charge in [-0.3, -0.25) is 9.59 Å². The number of carbonyl (C=O) groups excluding carboxylic acids is 2. The molecule has 6 heteroatoms. The maximum Gasteiger partial charge on any atom is 0.260 e. The lowest BCUT2D eigenvalue weighted by Gasteiger charge is -2.36.